The van der Waals surface area contributed by atoms with Gasteiger partial charge in [0.1, 0.15) is 0 Å². The molecule has 0 aromatic heterocycles. The smallest absolute Gasteiger partial charge is 0.223 e. The van der Waals surface area contributed by atoms with E-state index in [9.17, 15) is 4.79 Å². The first-order valence-corrected chi connectivity index (χ1v) is 3.82. The second-order valence-corrected chi connectivity index (χ2v) is 2.95. The Bertz CT molecular complexity index is 186. The first kappa shape index (κ1) is 5.96. The molecule has 0 spiro atoms. The molecule has 2 heterocycles. The Hall–Kier alpha value is -0.790. The van der Waals surface area contributed by atoms with Crippen LogP contribution in [0.3, 0.4) is 0 Å². The highest BCUT2D eigenvalue weighted by molar-refractivity contribution is 5.79. The van der Waals surface area contributed by atoms with Crippen molar-refractivity contribution in [1.29, 1.82) is 0 Å². The molecular weight excluding hydrogens is 126 g/mol. The van der Waals surface area contributed by atoms with Crippen molar-refractivity contribution < 1.29 is 4.79 Å². The van der Waals surface area contributed by atoms with Gasteiger partial charge >= 0.3 is 0 Å². The summed E-state index contributed by atoms with van der Waals surface area (Å²) in [4.78, 5) is 13.1. The molecule has 0 bridgehead atoms. The molecule has 1 unspecified atom stereocenters. The average molecular weight is 137 g/mol. The number of rotatable bonds is 0. The van der Waals surface area contributed by atoms with Crippen LogP contribution in [0.25, 0.3) is 0 Å². The summed E-state index contributed by atoms with van der Waals surface area (Å²) in [6.45, 7) is 0.851. The Morgan fingerprint density at radius 3 is 3.20 bits per heavy atom. The molecule has 2 heteroatoms. The van der Waals surface area contributed by atoms with Crippen molar-refractivity contribution in [2.45, 2.75) is 25.3 Å². The molecule has 1 fully saturated rings. The van der Waals surface area contributed by atoms with Gasteiger partial charge in [-0.1, -0.05) is 12.2 Å². The normalized spacial score (nSPS) is 31.0. The van der Waals surface area contributed by atoms with Crippen molar-refractivity contribution in [2.75, 3.05) is 6.54 Å². The molecule has 1 amide bonds. The zero-order valence-corrected chi connectivity index (χ0v) is 5.92. The minimum absolute atomic E-state index is 0.342. The van der Waals surface area contributed by atoms with Crippen molar-refractivity contribution in [3.8, 4) is 0 Å². The van der Waals surface area contributed by atoms with Crippen molar-refractivity contribution >= 4 is 5.91 Å². The van der Waals surface area contributed by atoms with E-state index in [1.54, 1.807) is 0 Å². The van der Waals surface area contributed by atoms with Gasteiger partial charge in [0.2, 0.25) is 5.91 Å². The molecule has 54 valence electrons. The summed E-state index contributed by atoms with van der Waals surface area (Å²) < 4.78 is 0. The van der Waals surface area contributed by atoms with E-state index in [4.69, 9.17) is 0 Å². The number of hydrogen-bond donors (Lipinski definition) is 0. The molecule has 2 nitrogen and oxygen atoms in total. The predicted molar refractivity (Wildman–Crippen MR) is 38.5 cm³/mol. The van der Waals surface area contributed by atoms with Gasteiger partial charge in [-0.25, -0.2) is 0 Å². The maximum absolute atomic E-state index is 11.1. The van der Waals surface area contributed by atoms with Crippen LogP contribution in [-0.2, 0) is 4.79 Å². The molecule has 0 aromatic rings. The Balaban J connectivity index is 2.17. The number of carbonyl (C=O) groups excluding carboxylic acids is 1. The molecule has 10 heavy (non-hydrogen) atoms. The van der Waals surface area contributed by atoms with Gasteiger partial charge in [0.15, 0.2) is 0 Å². The fraction of sp³-hybridized carbons (Fsp3) is 0.625. The highest BCUT2D eigenvalue weighted by atomic mass is 16.2. The number of nitrogens with zero attached hydrogens (tertiary/aromatic N) is 1. The fourth-order valence-corrected chi connectivity index (χ4v) is 1.73. The van der Waals surface area contributed by atoms with E-state index in [0.29, 0.717) is 11.9 Å². The first-order chi connectivity index (χ1) is 4.88. The van der Waals surface area contributed by atoms with Gasteiger partial charge < -0.3 is 4.90 Å². The van der Waals surface area contributed by atoms with Gasteiger partial charge in [-0.3, -0.25) is 4.79 Å². The van der Waals surface area contributed by atoms with Crippen LogP contribution in [-0.4, -0.2) is 23.4 Å². The van der Waals surface area contributed by atoms with Crippen LogP contribution in [0, 0.1) is 0 Å². The van der Waals surface area contributed by atoms with Gasteiger partial charge in [-0.15, -0.1) is 0 Å². The van der Waals surface area contributed by atoms with E-state index in [1.165, 1.54) is 0 Å². The van der Waals surface area contributed by atoms with E-state index < -0.39 is 0 Å². The largest absolute Gasteiger partial charge is 0.336 e. The third-order valence-electron chi connectivity index (χ3n) is 2.33. The quantitative estimate of drug-likeness (QED) is 0.455. The van der Waals surface area contributed by atoms with Crippen molar-refractivity contribution in [3.63, 3.8) is 0 Å². The van der Waals surface area contributed by atoms with E-state index in [1.807, 2.05) is 4.90 Å². The van der Waals surface area contributed by atoms with Gasteiger partial charge in [-0.05, 0) is 12.8 Å². The lowest BCUT2D eigenvalue weighted by Crippen LogP contribution is -2.34. The molecule has 2 rings (SSSR count). The van der Waals surface area contributed by atoms with Gasteiger partial charge in [0, 0.05) is 19.0 Å². The molecule has 2 aliphatic heterocycles. The summed E-state index contributed by atoms with van der Waals surface area (Å²) in [7, 11) is 0. The lowest BCUT2D eigenvalue weighted by molar-refractivity contribution is -0.128. The van der Waals surface area contributed by atoms with Crippen molar-refractivity contribution in [2.24, 2.45) is 0 Å². The SMILES string of the molecule is O=C1CCC2CC=CCN12. The van der Waals surface area contributed by atoms with E-state index in [2.05, 4.69) is 12.2 Å². The zero-order valence-electron chi connectivity index (χ0n) is 5.92. The second kappa shape index (κ2) is 2.11. The standard InChI is InChI=1S/C8H11NO/c10-8-5-4-7-3-1-2-6-9(7)8/h1-2,7H,3-6H2. The summed E-state index contributed by atoms with van der Waals surface area (Å²) in [5.74, 6) is 0.342. The summed E-state index contributed by atoms with van der Waals surface area (Å²) >= 11 is 0. The third kappa shape index (κ3) is 0.753. The molecule has 0 N–H and O–H groups in total. The Morgan fingerprint density at radius 2 is 2.40 bits per heavy atom. The molecule has 0 radical (unpaired) electrons. The Kier molecular flexibility index (Phi) is 1.26. The summed E-state index contributed by atoms with van der Waals surface area (Å²) in [5.41, 5.74) is 0. The van der Waals surface area contributed by atoms with E-state index in [-0.39, 0.29) is 0 Å². The average Bonchev–Trinajstić information content (AvgIpc) is 2.34. The van der Waals surface area contributed by atoms with Crippen LogP contribution in [0.5, 0.6) is 0 Å². The molecule has 0 saturated carbocycles. The van der Waals surface area contributed by atoms with Gasteiger partial charge in [-0.2, -0.15) is 0 Å². The van der Waals surface area contributed by atoms with Crippen LogP contribution < -0.4 is 0 Å². The molecule has 1 saturated heterocycles. The third-order valence-corrected chi connectivity index (χ3v) is 2.33. The monoisotopic (exact) mass is 137 g/mol. The minimum atomic E-state index is 0.342. The Labute approximate surface area is 60.5 Å². The molecule has 1 atom stereocenters. The second-order valence-electron chi connectivity index (χ2n) is 2.95. The molecule has 0 aromatic carbocycles. The maximum atomic E-state index is 11.1. The van der Waals surface area contributed by atoms with E-state index >= 15 is 0 Å². The molecule has 0 aliphatic carbocycles. The molecular formula is C8H11NO. The summed E-state index contributed by atoms with van der Waals surface area (Å²) in [5, 5.41) is 0. The van der Waals surface area contributed by atoms with Crippen LogP contribution in [0.15, 0.2) is 12.2 Å². The number of hydrogen-bond acceptors (Lipinski definition) is 1. The lowest BCUT2D eigenvalue weighted by atomic mass is 10.1. The maximum Gasteiger partial charge on any atom is 0.223 e. The highest BCUT2D eigenvalue weighted by Crippen LogP contribution is 2.23. The highest BCUT2D eigenvalue weighted by Gasteiger charge is 2.30. The number of carbonyl (C=O) groups is 1. The van der Waals surface area contributed by atoms with Crippen LogP contribution in [0.1, 0.15) is 19.3 Å². The summed E-state index contributed by atoms with van der Waals surface area (Å²) in [6.07, 6.45) is 7.18. The Morgan fingerprint density at radius 1 is 1.50 bits per heavy atom. The van der Waals surface area contributed by atoms with Crippen molar-refractivity contribution in [1.82, 2.24) is 4.90 Å². The van der Waals surface area contributed by atoms with Gasteiger partial charge in [0.25, 0.3) is 0 Å². The van der Waals surface area contributed by atoms with Crippen LogP contribution >= 0.6 is 0 Å². The van der Waals surface area contributed by atoms with Crippen LogP contribution in [0.4, 0.5) is 0 Å². The first-order valence-electron chi connectivity index (χ1n) is 3.82. The van der Waals surface area contributed by atoms with Crippen LogP contribution in [0.2, 0.25) is 0 Å². The molecule has 2 aliphatic rings. The van der Waals surface area contributed by atoms with Crippen molar-refractivity contribution in [3.05, 3.63) is 12.2 Å². The fourth-order valence-electron chi connectivity index (χ4n) is 1.73. The lowest BCUT2D eigenvalue weighted by Gasteiger charge is -2.25. The predicted octanol–water partition coefficient (Wildman–Crippen LogP) is 0.937. The van der Waals surface area contributed by atoms with E-state index in [0.717, 1.165) is 25.8 Å². The number of fused-ring (bicyclic) bond motifs is 1. The summed E-state index contributed by atoms with van der Waals surface area (Å²) in [6, 6.07) is 0.539. The van der Waals surface area contributed by atoms with Gasteiger partial charge in [0.05, 0.1) is 0 Å². The topological polar surface area (TPSA) is 20.3 Å². The number of amides is 1. The minimum Gasteiger partial charge on any atom is -0.336 e. The zero-order chi connectivity index (χ0) is 6.97.